The van der Waals surface area contributed by atoms with Gasteiger partial charge in [-0.05, 0) is 42.3 Å². The summed E-state index contributed by atoms with van der Waals surface area (Å²) in [6.07, 6.45) is 0. The van der Waals surface area contributed by atoms with E-state index in [0.717, 1.165) is 11.1 Å². The number of nitrogens with one attached hydrogen (secondary N) is 1. The molecule has 6 nitrogen and oxygen atoms in total. The third-order valence-corrected chi connectivity index (χ3v) is 5.33. The summed E-state index contributed by atoms with van der Waals surface area (Å²) in [7, 11) is 1.60. The van der Waals surface area contributed by atoms with E-state index in [4.69, 9.17) is 27.9 Å². The lowest BCUT2D eigenvalue weighted by Gasteiger charge is -2.16. The summed E-state index contributed by atoms with van der Waals surface area (Å²) in [6, 6.07) is 13.2. The van der Waals surface area contributed by atoms with Crippen molar-refractivity contribution in [3.05, 3.63) is 63.6 Å². The number of hydrogen-bond acceptors (Lipinski definition) is 4. The Hall–Kier alpha value is -2.28. The lowest BCUT2D eigenvalue weighted by Crippen LogP contribution is -2.35. The Labute approximate surface area is 180 Å². The van der Waals surface area contributed by atoms with Crippen LogP contribution in [0.1, 0.15) is 24.1 Å². The van der Waals surface area contributed by atoms with E-state index in [1.54, 1.807) is 13.1 Å². The van der Waals surface area contributed by atoms with Gasteiger partial charge >= 0.3 is 6.03 Å². The fraction of sp³-hybridized carbons (Fsp3) is 0.333. The molecule has 0 bridgehead atoms. The average molecular weight is 436 g/mol. The summed E-state index contributed by atoms with van der Waals surface area (Å²) in [4.78, 5) is 26.2. The van der Waals surface area contributed by atoms with Crippen LogP contribution < -0.4 is 10.1 Å². The van der Waals surface area contributed by atoms with E-state index >= 15 is 0 Å². The molecule has 0 aromatic heterocycles. The van der Waals surface area contributed by atoms with Crippen molar-refractivity contribution < 1.29 is 14.3 Å². The van der Waals surface area contributed by atoms with Crippen LogP contribution in [0.2, 0.25) is 10.0 Å². The van der Waals surface area contributed by atoms with Crippen LogP contribution in [-0.2, 0) is 11.3 Å². The quantitative estimate of drug-likeness (QED) is 0.633. The Morgan fingerprint density at radius 2 is 1.86 bits per heavy atom. The fourth-order valence-electron chi connectivity index (χ4n) is 3.05. The molecule has 0 spiro atoms. The topological polar surface area (TPSA) is 61.9 Å². The Kier molecular flexibility index (Phi) is 7.00. The molecule has 0 saturated carbocycles. The fourth-order valence-corrected chi connectivity index (χ4v) is 3.43. The van der Waals surface area contributed by atoms with Crippen molar-refractivity contribution in [2.45, 2.75) is 19.5 Å². The van der Waals surface area contributed by atoms with Crippen LogP contribution in [0.25, 0.3) is 0 Å². The highest BCUT2D eigenvalue weighted by Gasteiger charge is 2.33. The molecule has 1 heterocycles. The summed E-state index contributed by atoms with van der Waals surface area (Å²) >= 11 is 12.3. The van der Waals surface area contributed by atoms with E-state index in [1.165, 1.54) is 9.80 Å². The lowest BCUT2D eigenvalue weighted by molar-refractivity contribution is -0.125. The first-order chi connectivity index (χ1) is 13.8. The highest BCUT2D eigenvalue weighted by atomic mass is 35.5. The zero-order valence-corrected chi connectivity index (χ0v) is 17.8. The van der Waals surface area contributed by atoms with Crippen LogP contribution >= 0.6 is 23.2 Å². The smallest absolute Gasteiger partial charge is 0.327 e. The normalized spacial score (nSPS) is 15.2. The van der Waals surface area contributed by atoms with Crippen LogP contribution in [-0.4, -0.2) is 48.5 Å². The first kappa shape index (κ1) is 21.4. The molecule has 0 unspecified atom stereocenters. The van der Waals surface area contributed by atoms with E-state index in [-0.39, 0.29) is 37.7 Å². The number of hydrogen-bond donors (Lipinski definition) is 1. The Balaban J connectivity index is 1.50. The van der Waals surface area contributed by atoms with Gasteiger partial charge in [0.1, 0.15) is 18.9 Å². The van der Waals surface area contributed by atoms with E-state index in [9.17, 15) is 9.59 Å². The largest absolute Gasteiger partial charge is 0.490 e. The van der Waals surface area contributed by atoms with E-state index in [2.05, 4.69) is 12.2 Å². The summed E-state index contributed by atoms with van der Waals surface area (Å²) in [6.45, 7) is 3.22. The Morgan fingerprint density at radius 1 is 1.14 bits per heavy atom. The first-order valence-corrected chi connectivity index (χ1v) is 10.1. The van der Waals surface area contributed by atoms with E-state index < -0.39 is 0 Å². The highest BCUT2D eigenvalue weighted by Crippen LogP contribution is 2.26. The van der Waals surface area contributed by atoms with Crippen molar-refractivity contribution in [3.63, 3.8) is 0 Å². The van der Waals surface area contributed by atoms with Crippen molar-refractivity contribution >= 4 is 35.1 Å². The van der Waals surface area contributed by atoms with Gasteiger partial charge in [0.15, 0.2) is 0 Å². The molecular weight excluding hydrogens is 413 g/mol. The molecule has 2 aromatic rings. The maximum absolute atomic E-state index is 11.9. The van der Waals surface area contributed by atoms with Crippen molar-refractivity contribution in [2.75, 3.05) is 26.7 Å². The minimum Gasteiger partial charge on any atom is -0.490 e. The van der Waals surface area contributed by atoms with Crippen LogP contribution in [0.3, 0.4) is 0 Å². The van der Waals surface area contributed by atoms with Crippen LogP contribution in [0.5, 0.6) is 5.75 Å². The predicted octanol–water partition coefficient (Wildman–Crippen LogP) is 4.12. The molecule has 1 atom stereocenters. The number of amides is 3. The molecule has 1 saturated heterocycles. The molecule has 29 heavy (non-hydrogen) atoms. The van der Waals surface area contributed by atoms with Crippen molar-refractivity contribution in [3.8, 4) is 5.75 Å². The van der Waals surface area contributed by atoms with Gasteiger partial charge in [-0.1, -0.05) is 41.4 Å². The summed E-state index contributed by atoms with van der Waals surface area (Å²) < 4.78 is 5.66. The number of carbonyl (C=O) groups excluding carboxylic acids is 2. The van der Waals surface area contributed by atoms with E-state index in [0.29, 0.717) is 22.3 Å². The van der Waals surface area contributed by atoms with Crippen LogP contribution in [0.4, 0.5) is 4.79 Å². The number of urea groups is 1. The molecule has 0 aliphatic carbocycles. The second kappa shape index (κ2) is 9.48. The minimum atomic E-state index is -0.305. The molecule has 0 radical (unpaired) electrons. The summed E-state index contributed by atoms with van der Waals surface area (Å²) in [5.74, 6) is 0.303. The van der Waals surface area contributed by atoms with Gasteiger partial charge in [0, 0.05) is 24.7 Å². The highest BCUT2D eigenvalue weighted by molar-refractivity contribution is 6.32. The van der Waals surface area contributed by atoms with Gasteiger partial charge in [-0.3, -0.25) is 9.69 Å². The lowest BCUT2D eigenvalue weighted by atomic mass is 10.1. The first-order valence-electron chi connectivity index (χ1n) is 9.30. The van der Waals surface area contributed by atoms with Crippen molar-refractivity contribution in [1.29, 1.82) is 0 Å². The zero-order chi connectivity index (χ0) is 21.0. The SMILES string of the molecule is C[C@H](NCc1ccc(OCCN2C(=O)CN(C)C2=O)c(Cl)c1)c1ccc(Cl)cc1. The number of benzene rings is 2. The molecule has 2 aromatic carbocycles. The van der Waals surface area contributed by atoms with Gasteiger partial charge in [0.25, 0.3) is 0 Å². The number of likely N-dealkylation sites (N-methyl/N-ethyl adjacent to an activating group) is 1. The summed E-state index contributed by atoms with van der Waals surface area (Å²) in [5, 5.41) is 4.65. The minimum absolute atomic E-state index is 0.107. The van der Waals surface area contributed by atoms with Gasteiger partial charge < -0.3 is 15.0 Å². The van der Waals surface area contributed by atoms with Crippen molar-refractivity contribution in [1.82, 2.24) is 15.1 Å². The van der Waals surface area contributed by atoms with Crippen molar-refractivity contribution in [2.24, 2.45) is 0 Å². The second-order valence-corrected chi connectivity index (χ2v) is 7.80. The number of rotatable bonds is 8. The third-order valence-electron chi connectivity index (χ3n) is 4.78. The number of imide groups is 1. The molecular formula is C21H23Cl2N3O3. The van der Waals surface area contributed by atoms with Gasteiger partial charge in [0.2, 0.25) is 5.91 Å². The Bertz CT molecular complexity index is 889. The molecule has 3 amide bonds. The molecule has 3 rings (SSSR count). The molecule has 1 aliphatic heterocycles. The van der Waals surface area contributed by atoms with Gasteiger partial charge in [-0.15, -0.1) is 0 Å². The maximum atomic E-state index is 11.9. The third kappa shape index (κ3) is 5.41. The molecule has 1 aliphatic rings. The monoisotopic (exact) mass is 435 g/mol. The standard InChI is InChI=1S/C21H23Cl2N3O3/c1-14(16-4-6-17(22)7-5-16)24-12-15-3-8-19(18(23)11-15)29-10-9-26-20(27)13-25(2)21(26)28/h3-8,11,14,24H,9-10,12-13H2,1-2H3/t14-/m0/s1. The molecule has 8 heteroatoms. The number of nitrogens with zero attached hydrogens (tertiary/aromatic N) is 2. The van der Waals surface area contributed by atoms with Gasteiger partial charge in [-0.2, -0.15) is 0 Å². The van der Waals surface area contributed by atoms with Crippen LogP contribution in [0.15, 0.2) is 42.5 Å². The Morgan fingerprint density at radius 3 is 2.48 bits per heavy atom. The molecule has 154 valence electrons. The van der Waals surface area contributed by atoms with Gasteiger partial charge in [-0.25, -0.2) is 4.79 Å². The van der Waals surface area contributed by atoms with Gasteiger partial charge in [0.05, 0.1) is 11.6 Å². The number of carbonyl (C=O) groups is 2. The summed E-state index contributed by atoms with van der Waals surface area (Å²) in [5.41, 5.74) is 2.17. The molecule has 1 fully saturated rings. The second-order valence-electron chi connectivity index (χ2n) is 6.95. The predicted molar refractivity (Wildman–Crippen MR) is 113 cm³/mol. The zero-order valence-electron chi connectivity index (χ0n) is 16.3. The number of ether oxygens (including phenoxy) is 1. The maximum Gasteiger partial charge on any atom is 0.327 e. The average Bonchev–Trinajstić information content (AvgIpc) is 2.94. The van der Waals surface area contributed by atoms with E-state index in [1.807, 2.05) is 36.4 Å². The number of halogens is 2. The van der Waals surface area contributed by atoms with Crippen LogP contribution in [0, 0.1) is 0 Å². The molecule has 1 N–H and O–H groups in total.